The zero-order chi connectivity index (χ0) is 12.3. The van der Waals surface area contributed by atoms with Crippen molar-refractivity contribution in [3.8, 4) is 6.07 Å². The molecule has 0 radical (unpaired) electrons. The predicted octanol–water partition coefficient (Wildman–Crippen LogP) is 1.19. The summed E-state index contributed by atoms with van der Waals surface area (Å²) >= 11 is 0. The number of hydrogen-bond acceptors (Lipinski definition) is 3. The van der Waals surface area contributed by atoms with Crippen molar-refractivity contribution < 1.29 is 4.79 Å². The molecule has 0 saturated carbocycles. The summed E-state index contributed by atoms with van der Waals surface area (Å²) in [6.45, 7) is 3.80. The van der Waals surface area contributed by atoms with Crippen molar-refractivity contribution in [3.05, 3.63) is 29.3 Å². The van der Waals surface area contributed by atoms with E-state index >= 15 is 0 Å². The molecule has 2 rings (SSSR count). The quantitative estimate of drug-likeness (QED) is 0.787. The molecule has 0 atom stereocenters. The second kappa shape index (κ2) is 4.88. The average Bonchev–Trinajstić information content (AvgIpc) is 2.53. The zero-order valence-corrected chi connectivity index (χ0v) is 9.86. The SMILES string of the molecule is Cc1ccc(N2CCCNC(=O)C2)c(C#N)c1. The molecule has 1 fully saturated rings. The molecule has 17 heavy (non-hydrogen) atoms. The molecule has 0 aliphatic carbocycles. The average molecular weight is 229 g/mol. The van der Waals surface area contributed by atoms with Crippen LogP contribution in [0.25, 0.3) is 0 Å². The van der Waals surface area contributed by atoms with E-state index in [4.69, 9.17) is 5.26 Å². The van der Waals surface area contributed by atoms with E-state index in [1.165, 1.54) is 0 Å². The van der Waals surface area contributed by atoms with Crippen LogP contribution in [0.3, 0.4) is 0 Å². The van der Waals surface area contributed by atoms with Gasteiger partial charge in [-0.1, -0.05) is 6.07 Å². The molecule has 4 nitrogen and oxygen atoms in total. The van der Waals surface area contributed by atoms with Crippen LogP contribution in [0.5, 0.6) is 0 Å². The third-order valence-electron chi connectivity index (χ3n) is 2.87. The first-order chi connectivity index (χ1) is 8.20. The monoisotopic (exact) mass is 229 g/mol. The number of nitriles is 1. The maximum absolute atomic E-state index is 11.5. The van der Waals surface area contributed by atoms with Crippen molar-refractivity contribution in [3.63, 3.8) is 0 Å². The Kier molecular flexibility index (Phi) is 3.29. The Morgan fingerprint density at radius 3 is 3.06 bits per heavy atom. The second-order valence-corrected chi connectivity index (χ2v) is 4.26. The minimum Gasteiger partial charge on any atom is -0.361 e. The predicted molar refractivity (Wildman–Crippen MR) is 65.7 cm³/mol. The van der Waals surface area contributed by atoms with Gasteiger partial charge < -0.3 is 10.2 Å². The Morgan fingerprint density at radius 1 is 1.47 bits per heavy atom. The van der Waals surface area contributed by atoms with Gasteiger partial charge in [-0.05, 0) is 31.0 Å². The highest BCUT2D eigenvalue weighted by atomic mass is 16.2. The van der Waals surface area contributed by atoms with E-state index < -0.39 is 0 Å². The van der Waals surface area contributed by atoms with Gasteiger partial charge in [-0.3, -0.25) is 4.79 Å². The van der Waals surface area contributed by atoms with E-state index in [9.17, 15) is 4.79 Å². The molecule has 1 aromatic rings. The Balaban J connectivity index is 2.32. The fourth-order valence-electron chi connectivity index (χ4n) is 2.03. The summed E-state index contributed by atoms with van der Waals surface area (Å²) in [6.07, 6.45) is 0.907. The lowest BCUT2D eigenvalue weighted by atomic mass is 10.1. The van der Waals surface area contributed by atoms with Gasteiger partial charge in [0.05, 0.1) is 17.8 Å². The van der Waals surface area contributed by atoms with Gasteiger partial charge >= 0.3 is 0 Å². The minimum absolute atomic E-state index is 0.0203. The molecule has 0 spiro atoms. The van der Waals surface area contributed by atoms with Gasteiger partial charge in [0.1, 0.15) is 6.07 Å². The lowest BCUT2D eigenvalue weighted by molar-refractivity contribution is -0.119. The zero-order valence-electron chi connectivity index (χ0n) is 9.86. The van der Waals surface area contributed by atoms with Crippen molar-refractivity contribution in [1.82, 2.24) is 5.32 Å². The van der Waals surface area contributed by atoms with Gasteiger partial charge in [0, 0.05) is 13.1 Å². The van der Waals surface area contributed by atoms with Gasteiger partial charge in [0.25, 0.3) is 0 Å². The number of carbonyl (C=O) groups is 1. The molecule has 0 aromatic heterocycles. The van der Waals surface area contributed by atoms with E-state index in [-0.39, 0.29) is 5.91 Å². The number of anilines is 1. The van der Waals surface area contributed by atoms with Crippen molar-refractivity contribution in [2.75, 3.05) is 24.5 Å². The standard InChI is InChI=1S/C13H15N3O/c1-10-3-4-12(11(7-10)8-14)16-6-2-5-15-13(17)9-16/h3-4,7H,2,5-6,9H2,1H3,(H,15,17). The van der Waals surface area contributed by atoms with Crippen LogP contribution in [0.2, 0.25) is 0 Å². The number of rotatable bonds is 1. The number of nitrogens with one attached hydrogen (secondary N) is 1. The molecule has 1 N–H and O–H groups in total. The number of nitrogens with zero attached hydrogens (tertiary/aromatic N) is 2. The molecular formula is C13H15N3O. The van der Waals surface area contributed by atoms with Crippen LogP contribution in [0.4, 0.5) is 5.69 Å². The molecule has 1 saturated heterocycles. The fraction of sp³-hybridized carbons (Fsp3) is 0.385. The molecule has 0 bridgehead atoms. The molecule has 4 heteroatoms. The van der Waals surface area contributed by atoms with Gasteiger partial charge in [-0.25, -0.2) is 0 Å². The number of benzene rings is 1. The van der Waals surface area contributed by atoms with Crippen LogP contribution in [0.15, 0.2) is 18.2 Å². The molecule has 1 amide bonds. The van der Waals surface area contributed by atoms with Gasteiger partial charge in [0.2, 0.25) is 5.91 Å². The van der Waals surface area contributed by atoms with Crippen LogP contribution in [-0.2, 0) is 4.79 Å². The van der Waals surface area contributed by atoms with E-state index in [0.29, 0.717) is 18.7 Å². The Hall–Kier alpha value is -2.02. The summed E-state index contributed by atoms with van der Waals surface area (Å²) < 4.78 is 0. The summed E-state index contributed by atoms with van der Waals surface area (Å²) in [6, 6.07) is 7.95. The number of amides is 1. The topological polar surface area (TPSA) is 56.1 Å². The maximum Gasteiger partial charge on any atom is 0.239 e. The highest BCUT2D eigenvalue weighted by Gasteiger charge is 2.17. The van der Waals surface area contributed by atoms with E-state index in [1.54, 1.807) is 0 Å². The maximum atomic E-state index is 11.5. The van der Waals surface area contributed by atoms with Crippen molar-refractivity contribution in [2.24, 2.45) is 0 Å². The van der Waals surface area contributed by atoms with Gasteiger partial charge in [-0.2, -0.15) is 5.26 Å². The van der Waals surface area contributed by atoms with Crippen molar-refractivity contribution in [1.29, 1.82) is 5.26 Å². The van der Waals surface area contributed by atoms with Gasteiger partial charge in [0.15, 0.2) is 0 Å². The molecule has 88 valence electrons. The lowest BCUT2D eigenvalue weighted by Gasteiger charge is -2.22. The Morgan fingerprint density at radius 2 is 2.29 bits per heavy atom. The van der Waals surface area contributed by atoms with E-state index in [1.807, 2.05) is 30.0 Å². The van der Waals surface area contributed by atoms with Crippen LogP contribution < -0.4 is 10.2 Å². The molecule has 0 unspecified atom stereocenters. The third-order valence-corrected chi connectivity index (χ3v) is 2.87. The Labute approximate surface area is 101 Å². The summed E-state index contributed by atoms with van der Waals surface area (Å²) in [5, 5.41) is 12.0. The highest BCUT2D eigenvalue weighted by Crippen LogP contribution is 2.21. The smallest absolute Gasteiger partial charge is 0.239 e. The third kappa shape index (κ3) is 2.56. The van der Waals surface area contributed by atoms with Crippen LogP contribution >= 0.6 is 0 Å². The first-order valence-corrected chi connectivity index (χ1v) is 5.73. The normalized spacial score (nSPS) is 16.0. The Bertz CT molecular complexity index is 476. The first kappa shape index (κ1) is 11.5. The largest absolute Gasteiger partial charge is 0.361 e. The first-order valence-electron chi connectivity index (χ1n) is 5.73. The fourth-order valence-corrected chi connectivity index (χ4v) is 2.03. The van der Waals surface area contributed by atoms with Crippen LogP contribution in [-0.4, -0.2) is 25.5 Å². The van der Waals surface area contributed by atoms with Gasteiger partial charge in [-0.15, -0.1) is 0 Å². The van der Waals surface area contributed by atoms with Crippen LogP contribution in [0, 0.1) is 18.3 Å². The molecule has 1 aliphatic rings. The summed E-state index contributed by atoms with van der Waals surface area (Å²) in [7, 11) is 0. The summed E-state index contributed by atoms with van der Waals surface area (Å²) in [4.78, 5) is 13.5. The molecule has 1 aliphatic heterocycles. The van der Waals surface area contributed by atoms with E-state index in [2.05, 4.69) is 11.4 Å². The van der Waals surface area contributed by atoms with Crippen molar-refractivity contribution >= 4 is 11.6 Å². The minimum atomic E-state index is 0.0203. The summed E-state index contributed by atoms with van der Waals surface area (Å²) in [5.74, 6) is 0.0203. The molecular weight excluding hydrogens is 214 g/mol. The highest BCUT2D eigenvalue weighted by molar-refractivity contribution is 5.82. The molecule has 1 aromatic carbocycles. The second-order valence-electron chi connectivity index (χ2n) is 4.26. The summed E-state index contributed by atoms with van der Waals surface area (Å²) in [5.41, 5.74) is 2.56. The molecule has 1 heterocycles. The number of carbonyl (C=O) groups excluding carboxylic acids is 1. The number of aryl methyl sites for hydroxylation is 1. The van der Waals surface area contributed by atoms with Crippen molar-refractivity contribution in [2.45, 2.75) is 13.3 Å². The van der Waals surface area contributed by atoms with E-state index in [0.717, 1.165) is 24.2 Å². The number of hydrogen-bond donors (Lipinski definition) is 1. The van der Waals surface area contributed by atoms with Crippen LogP contribution in [0.1, 0.15) is 17.5 Å². The lowest BCUT2D eigenvalue weighted by Crippen LogP contribution is -2.33.